The smallest absolute Gasteiger partial charge is 0.268 e. The van der Waals surface area contributed by atoms with Crippen LogP contribution in [0.5, 0.6) is 0 Å². The Morgan fingerprint density at radius 1 is 0.658 bits per heavy atom. The van der Waals surface area contributed by atoms with E-state index in [0.29, 0.717) is 22.7 Å². The van der Waals surface area contributed by atoms with E-state index in [-0.39, 0.29) is 11.5 Å². The Morgan fingerprint density at radius 2 is 1.21 bits per heavy atom. The van der Waals surface area contributed by atoms with Crippen LogP contribution in [-0.2, 0) is 7.05 Å². The molecule has 0 aliphatic heterocycles. The largest absolute Gasteiger partial charge is 0.330 e. The van der Waals surface area contributed by atoms with E-state index >= 15 is 0 Å². The van der Waals surface area contributed by atoms with E-state index in [1.165, 1.54) is 0 Å². The molecule has 0 aliphatic rings. The molecule has 0 N–H and O–H groups in total. The third kappa shape index (κ3) is 3.43. The molecule has 0 aliphatic carbocycles. The first-order chi connectivity index (χ1) is 18.6. The first-order valence-electron chi connectivity index (χ1n) is 12.6. The van der Waals surface area contributed by atoms with Crippen molar-refractivity contribution in [3.8, 4) is 28.7 Å². The molecule has 0 radical (unpaired) electrons. The molecule has 0 saturated carbocycles. The lowest BCUT2D eigenvalue weighted by Crippen LogP contribution is -2.27. The summed E-state index contributed by atoms with van der Waals surface area (Å²) in [7, 11) is 1.98. The minimum absolute atomic E-state index is 0.189. The average molecular weight is 499 g/mol. The van der Waals surface area contributed by atoms with Gasteiger partial charge in [0.15, 0.2) is 11.6 Å². The standard InChI is InChI=1S/C29H20N6O.C2H6/c1-18-21-14-9-15-22-25(21)34-23(33(18)2)16-17-24(34)35(28(22)36)29-31-26(19-10-5-3-6-11-19)30-27(32-29)20-12-7-4-8-13-20;1-2/h3-17H,1H2,2H3;1-2H3. The molecule has 38 heavy (non-hydrogen) atoms. The minimum Gasteiger partial charge on any atom is -0.330 e. The molecule has 0 bridgehead atoms. The van der Waals surface area contributed by atoms with Crippen LogP contribution >= 0.6 is 0 Å². The van der Waals surface area contributed by atoms with Crippen LogP contribution in [0.2, 0.25) is 0 Å². The summed E-state index contributed by atoms with van der Waals surface area (Å²) in [6.07, 6.45) is 0. The van der Waals surface area contributed by atoms with Crippen LogP contribution in [0.15, 0.2) is 95.8 Å². The Bertz CT molecular complexity index is 1980. The van der Waals surface area contributed by atoms with Gasteiger partial charge in [-0.05, 0) is 18.2 Å². The molecular weight excluding hydrogens is 472 g/mol. The molecule has 7 nitrogen and oxygen atoms in total. The molecule has 0 spiro atoms. The summed E-state index contributed by atoms with van der Waals surface area (Å²) in [6, 6.07) is 29.1. The monoisotopic (exact) mass is 498 g/mol. The summed E-state index contributed by atoms with van der Waals surface area (Å²) < 4.78 is 5.69. The normalized spacial score (nSPS) is 11.2. The Hall–Kier alpha value is -5.04. The van der Waals surface area contributed by atoms with Gasteiger partial charge in [0.2, 0.25) is 5.95 Å². The van der Waals surface area contributed by atoms with E-state index in [2.05, 4.69) is 11.0 Å². The van der Waals surface area contributed by atoms with Crippen molar-refractivity contribution in [2.75, 3.05) is 0 Å². The van der Waals surface area contributed by atoms with Crippen molar-refractivity contribution >= 4 is 34.2 Å². The second kappa shape index (κ2) is 9.12. The lowest BCUT2D eigenvalue weighted by Gasteiger charge is -2.17. The van der Waals surface area contributed by atoms with E-state index in [0.717, 1.165) is 33.0 Å². The molecule has 7 rings (SSSR count). The molecule has 0 saturated heterocycles. The molecular formula is C31H26N6O. The van der Waals surface area contributed by atoms with Gasteiger partial charge in [-0.15, -0.1) is 0 Å². The summed E-state index contributed by atoms with van der Waals surface area (Å²) in [6.45, 7) is 8.26. The van der Waals surface area contributed by atoms with Crippen LogP contribution in [0.1, 0.15) is 13.8 Å². The van der Waals surface area contributed by atoms with Crippen molar-refractivity contribution < 1.29 is 0 Å². The number of benzene rings is 3. The van der Waals surface area contributed by atoms with Gasteiger partial charge in [-0.2, -0.15) is 9.97 Å². The third-order valence-corrected chi connectivity index (χ3v) is 6.71. The van der Waals surface area contributed by atoms with Crippen molar-refractivity contribution in [2.45, 2.75) is 13.8 Å². The number of hydrogen-bond acceptors (Lipinski definition) is 4. The van der Waals surface area contributed by atoms with Crippen LogP contribution in [0.3, 0.4) is 0 Å². The minimum atomic E-state index is -0.189. The lowest BCUT2D eigenvalue weighted by atomic mass is 10.1. The first-order valence-corrected chi connectivity index (χ1v) is 12.6. The number of rotatable bonds is 3. The maximum atomic E-state index is 14.0. The molecule has 186 valence electrons. The Kier molecular flexibility index (Phi) is 5.61. The molecule has 0 fully saturated rings. The van der Waals surface area contributed by atoms with Gasteiger partial charge in [-0.1, -0.05) is 93.2 Å². The molecule has 4 aromatic heterocycles. The molecule has 7 aromatic rings. The van der Waals surface area contributed by atoms with Crippen molar-refractivity contribution in [1.82, 2.24) is 28.5 Å². The molecule has 7 heteroatoms. The zero-order valence-electron chi connectivity index (χ0n) is 21.5. The van der Waals surface area contributed by atoms with Gasteiger partial charge in [0.25, 0.3) is 5.56 Å². The topological polar surface area (TPSA) is 70.0 Å². The fraction of sp³-hybridized carbons (Fsp3) is 0.0968. The highest BCUT2D eigenvalue weighted by molar-refractivity contribution is 5.98. The number of nitrogens with zero attached hydrogens (tertiary/aromatic N) is 6. The zero-order valence-corrected chi connectivity index (χ0v) is 21.5. The maximum Gasteiger partial charge on any atom is 0.268 e. The second-order valence-electron chi connectivity index (χ2n) is 8.75. The predicted octanol–water partition coefficient (Wildman–Crippen LogP) is 5.41. The quantitative estimate of drug-likeness (QED) is 0.327. The van der Waals surface area contributed by atoms with Gasteiger partial charge >= 0.3 is 0 Å². The maximum absolute atomic E-state index is 14.0. The number of hydrogen-bond donors (Lipinski definition) is 0. The third-order valence-electron chi connectivity index (χ3n) is 6.71. The number of aryl methyl sites for hydroxylation is 1. The van der Waals surface area contributed by atoms with Crippen LogP contribution in [0.25, 0.3) is 62.9 Å². The lowest BCUT2D eigenvalue weighted by molar-refractivity contribution is 0.862. The van der Waals surface area contributed by atoms with Crippen molar-refractivity contribution in [2.24, 2.45) is 7.05 Å². The molecule has 0 amide bonds. The fourth-order valence-electron chi connectivity index (χ4n) is 4.90. The van der Waals surface area contributed by atoms with E-state index in [9.17, 15) is 4.79 Å². The van der Waals surface area contributed by atoms with Gasteiger partial charge in [-0.25, -0.2) is 9.55 Å². The van der Waals surface area contributed by atoms with Crippen LogP contribution in [-0.4, -0.2) is 28.5 Å². The van der Waals surface area contributed by atoms with Gasteiger partial charge in [0, 0.05) is 28.9 Å². The first kappa shape index (κ1) is 23.4. The van der Waals surface area contributed by atoms with Crippen molar-refractivity contribution in [3.63, 3.8) is 0 Å². The highest BCUT2D eigenvalue weighted by Gasteiger charge is 2.21. The summed E-state index contributed by atoms with van der Waals surface area (Å²) >= 11 is 0. The Labute approximate surface area is 219 Å². The Morgan fingerprint density at radius 3 is 1.82 bits per heavy atom. The van der Waals surface area contributed by atoms with E-state index in [4.69, 9.17) is 15.0 Å². The predicted molar refractivity (Wildman–Crippen MR) is 153 cm³/mol. The molecule has 4 heterocycles. The molecule has 3 aromatic carbocycles. The average Bonchev–Trinajstić information content (AvgIpc) is 3.43. The van der Waals surface area contributed by atoms with Gasteiger partial charge in [0.05, 0.1) is 10.9 Å². The number of para-hydroxylation sites is 1. The highest BCUT2D eigenvalue weighted by Crippen LogP contribution is 2.26. The SMILES string of the molecule is C=c1c2cccc3c(=O)n(-c4nc(-c5ccccc5)nc(-c5ccccc5)n4)c4ccc(n1C)n4c23.CC. The molecule has 0 unspecified atom stereocenters. The second-order valence-corrected chi connectivity index (χ2v) is 8.75. The van der Waals surface area contributed by atoms with Crippen LogP contribution in [0.4, 0.5) is 0 Å². The summed E-state index contributed by atoms with van der Waals surface area (Å²) in [5, 5.41) is 2.36. The van der Waals surface area contributed by atoms with Gasteiger partial charge < -0.3 is 4.57 Å². The van der Waals surface area contributed by atoms with E-state index in [1.54, 1.807) is 4.57 Å². The summed E-state index contributed by atoms with van der Waals surface area (Å²) in [5.41, 5.74) is 3.95. The summed E-state index contributed by atoms with van der Waals surface area (Å²) in [5.74, 6) is 1.28. The van der Waals surface area contributed by atoms with E-state index in [1.807, 2.05) is 116 Å². The van der Waals surface area contributed by atoms with Crippen LogP contribution in [0, 0.1) is 0 Å². The van der Waals surface area contributed by atoms with Gasteiger partial charge in [-0.3, -0.25) is 9.20 Å². The fourth-order valence-corrected chi connectivity index (χ4v) is 4.90. The summed E-state index contributed by atoms with van der Waals surface area (Å²) in [4.78, 5) is 28.4. The van der Waals surface area contributed by atoms with Crippen molar-refractivity contribution in [1.29, 1.82) is 0 Å². The van der Waals surface area contributed by atoms with Crippen molar-refractivity contribution in [3.05, 3.63) is 107 Å². The van der Waals surface area contributed by atoms with E-state index < -0.39 is 0 Å². The molecule has 0 atom stereocenters. The Balaban J connectivity index is 0.00000129. The zero-order chi connectivity index (χ0) is 26.4. The number of aromatic nitrogens is 6. The highest BCUT2D eigenvalue weighted by atomic mass is 16.1. The van der Waals surface area contributed by atoms with Crippen LogP contribution < -0.4 is 10.9 Å². The van der Waals surface area contributed by atoms with Gasteiger partial charge in [0.1, 0.15) is 11.3 Å².